The fraction of sp³-hybridized carbons (Fsp3) is 0.188. The highest BCUT2D eigenvalue weighted by Crippen LogP contribution is 2.20. The van der Waals surface area contributed by atoms with Crippen molar-refractivity contribution in [3.63, 3.8) is 0 Å². The summed E-state index contributed by atoms with van der Waals surface area (Å²) in [5.74, 6) is 0.990. The Morgan fingerprint density at radius 2 is 1.96 bits per heavy atom. The molecule has 0 spiro atoms. The number of hydrogen-bond acceptors (Lipinski definition) is 6. The lowest BCUT2D eigenvalue weighted by Crippen LogP contribution is -2.07. The minimum atomic E-state index is 0.359. The van der Waals surface area contributed by atoms with Gasteiger partial charge in [0.2, 0.25) is 5.95 Å². The second-order valence-electron chi connectivity index (χ2n) is 5.40. The summed E-state index contributed by atoms with van der Waals surface area (Å²) in [6, 6.07) is 10.2. The third-order valence-electron chi connectivity index (χ3n) is 3.83. The van der Waals surface area contributed by atoms with E-state index in [-0.39, 0.29) is 0 Å². The van der Waals surface area contributed by atoms with E-state index in [1.807, 2.05) is 35.9 Å². The number of nitrogens with zero attached hydrogens (tertiary/aromatic N) is 7. The van der Waals surface area contributed by atoms with Gasteiger partial charge in [-0.2, -0.15) is 4.68 Å². The van der Waals surface area contributed by atoms with E-state index < -0.39 is 0 Å². The van der Waals surface area contributed by atoms with E-state index in [1.54, 1.807) is 4.68 Å². The summed E-state index contributed by atoms with van der Waals surface area (Å²) in [5.41, 5.74) is 9.23. The van der Waals surface area contributed by atoms with Crippen LogP contribution in [0, 0.1) is 0 Å². The molecule has 3 heterocycles. The summed E-state index contributed by atoms with van der Waals surface area (Å²) in [5, 5.41) is 8.46. The molecule has 0 unspecified atom stereocenters. The molecular formula is C16H16N8. The van der Waals surface area contributed by atoms with Gasteiger partial charge in [-0.05, 0) is 12.5 Å². The highest BCUT2D eigenvalue weighted by Gasteiger charge is 2.16. The van der Waals surface area contributed by atoms with E-state index in [4.69, 9.17) is 5.73 Å². The minimum Gasteiger partial charge on any atom is -0.382 e. The molecular weight excluding hydrogens is 304 g/mol. The van der Waals surface area contributed by atoms with Crippen molar-refractivity contribution in [3.05, 3.63) is 54.1 Å². The van der Waals surface area contributed by atoms with Crippen LogP contribution in [0.15, 0.2) is 42.9 Å². The summed E-state index contributed by atoms with van der Waals surface area (Å²) < 4.78 is 3.59. The molecule has 0 saturated heterocycles. The predicted molar refractivity (Wildman–Crippen MR) is 89.6 cm³/mol. The van der Waals surface area contributed by atoms with Crippen molar-refractivity contribution in [3.8, 4) is 5.95 Å². The Kier molecular flexibility index (Phi) is 3.42. The fourth-order valence-electron chi connectivity index (χ4n) is 2.69. The highest BCUT2D eigenvalue weighted by molar-refractivity contribution is 5.82. The lowest BCUT2D eigenvalue weighted by atomic mass is 10.1. The zero-order valence-corrected chi connectivity index (χ0v) is 13.2. The average molecular weight is 320 g/mol. The zero-order chi connectivity index (χ0) is 16.5. The van der Waals surface area contributed by atoms with Crippen LogP contribution in [0.2, 0.25) is 0 Å². The zero-order valence-electron chi connectivity index (χ0n) is 13.2. The SMILES string of the molecule is CCn1c(-n2cc(Cc3ccccc3)nn2)nc2c(N)ncnc21. The van der Waals surface area contributed by atoms with Gasteiger partial charge < -0.3 is 5.73 Å². The number of nitrogen functional groups attached to an aromatic ring is 1. The molecule has 0 bridgehead atoms. The Bertz CT molecular complexity index is 986. The van der Waals surface area contributed by atoms with Crippen molar-refractivity contribution in [2.45, 2.75) is 19.9 Å². The van der Waals surface area contributed by atoms with Crippen LogP contribution in [-0.2, 0) is 13.0 Å². The molecule has 4 rings (SSSR count). The molecule has 0 aliphatic rings. The fourth-order valence-corrected chi connectivity index (χ4v) is 2.69. The predicted octanol–water partition coefficient (Wildman–Crippen LogP) is 1.60. The third kappa shape index (κ3) is 2.37. The number of hydrogen-bond donors (Lipinski definition) is 1. The molecule has 1 aromatic carbocycles. The Morgan fingerprint density at radius 1 is 1.12 bits per heavy atom. The first-order valence-corrected chi connectivity index (χ1v) is 7.68. The van der Waals surface area contributed by atoms with Gasteiger partial charge in [0.1, 0.15) is 6.33 Å². The third-order valence-corrected chi connectivity index (χ3v) is 3.83. The largest absolute Gasteiger partial charge is 0.382 e. The molecule has 8 nitrogen and oxygen atoms in total. The van der Waals surface area contributed by atoms with Gasteiger partial charge in [0.15, 0.2) is 17.0 Å². The molecule has 0 aliphatic carbocycles. The molecule has 0 aliphatic heterocycles. The Morgan fingerprint density at radius 3 is 2.75 bits per heavy atom. The lowest BCUT2D eigenvalue weighted by molar-refractivity contribution is 0.677. The van der Waals surface area contributed by atoms with Gasteiger partial charge in [0.05, 0.1) is 11.9 Å². The molecule has 0 radical (unpaired) electrons. The second kappa shape index (κ2) is 5.73. The number of aromatic nitrogens is 7. The molecule has 3 aromatic heterocycles. The summed E-state index contributed by atoms with van der Waals surface area (Å²) in [6.45, 7) is 2.71. The molecule has 2 N–H and O–H groups in total. The number of nitrogens with two attached hydrogens (primary N) is 1. The van der Waals surface area contributed by atoms with Crippen LogP contribution < -0.4 is 5.73 Å². The van der Waals surface area contributed by atoms with E-state index >= 15 is 0 Å². The number of rotatable bonds is 4. The first-order valence-electron chi connectivity index (χ1n) is 7.68. The maximum Gasteiger partial charge on any atom is 0.234 e. The maximum atomic E-state index is 5.91. The van der Waals surface area contributed by atoms with E-state index in [0.29, 0.717) is 29.5 Å². The maximum absolute atomic E-state index is 5.91. The summed E-state index contributed by atoms with van der Waals surface area (Å²) in [6.07, 6.45) is 4.04. The van der Waals surface area contributed by atoms with Crippen LogP contribution in [0.1, 0.15) is 18.2 Å². The monoisotopic (exact) mass is 320 g/mol. The quantitative estimate of drug-likeness (QED) is 0.613. The molecule has 0 saturated carbocycles. The number of aryl methyl sites for hydroxylation is 1. The van der Waals surface area contributed by atoms with Crippen LogP contribution >= 0.6 is 0 Å². The van der Waals surface area contributed by atoms with Crippen LogP contribution in [0.4, 0.5) is 5.82 Å². The topological polar surface area (TPSA) is 100 Å². The average Bonchev–Trinajstić information content (AvgIpc) is 3.20. The molecule has 24 heavy (non-hydrogen) atoms. The number of anilines is 1. The summed E-state index contributed by atoms with van der Waals surface area (Å²) in [7, 11) is 0. The van der Waals surface area contributed by atoms with Gasteiger partial charge in [0.25, 0.3) is 0 Å². The Hall–Kier alpha value is -3.29. The Balaban J connectivity index is 1.74. The molecule has 0 atom stereocenters. The standard InChI is InChI=1S/C16H16N8/c1-2-23-15-13(14(17)18-10-19-15)20-16(23)24-9-12(21-22-24)8-11-6-4-3-5-7-11/h3-7,9-10H,2,8H2,1H3,(H2,17,18,19). The molecule has 0 fully saturated rings. The first-order chi connectivity index (χ1) is 11.8. The first kappa shape index (κ1) is 14.3. The molecule has 8 heteroatoms. The number of imidazole rings is 1. The smallest absolute Gasteiger partial charge is 0.234 e. The highest BCUT2D eigenvalue weighted by atomic mass is 15.5. The van der Waals surface area contributed by atoms with Gasteiger partial charge in [-0.1, -0.05) is 35.5 Å². The van der Waals surface area contributed by atoms with E-state index in [1.165, 1.54) is 11.9 Å². The normalized spacial score (nSPS) is 11.2. The Labute approximate surface area is 138 Å². The number of fused-ring (bicyclic) bond motifs is 1. The van der Waals surface area contributed by atoms with Crippen molar-refractivity contribution >= 4 is 17.0 Å². The molecule has 0 amide bonds. The van der Waals surface area contributed by atoms with E-state index in [9.17, 15) is 0 Å². The lowest BCUT2D eigenvalue weighted by Gasteiger charge is -2.03. The van der Waals surface area contributed by atoms with Gasteiger partial charge in [-0.25, -0.2) is 15.0 Å². The van der Waals surface area contributed by atoms with Gasteiger partial charge >= 0.3 is 0 Å². The van der Waals surface area contributed by atoms with Gasteiger partial charge in [-0.15, -0.1) is 5.10 Å². The minimum absolute atomic E-state index is 0.359. The van der Waals surface area contributed by atoms with Crippen LogP contribution in [0.3, 0.4) is 0 Å². The van der Waals surface area contributed by atoms with Crippen LogP contribution in [0.25, 0.3) is 17.1 Å². The van der Waals surface area contributed by atoms with E-state index in [0.717, 1.165) is 12.1 Å². The van der Waals surface area contributed by atoms with Crippen molar-refractivity contribution < 1.29 is 0 Å². The summed E-state index contributed by atoms with van der Waals surface area (Å²) >= 11 is 0. The summed E-state index contributed by atoms with van der Waals surface area (Å²) in [4.78, 5) is 12.8. The van der Waals surface area contributed by atoms with Gasteiger partial charge in [0, 0.05) is 13.0 Å². The molecule has 120 valence electrons. The van der Waals surface area contributed by atoms with Crippen molar-refractivity contribution in [1.82, 2.24) is 34.5 Å². The van der Waals surface area contributed by atoms with Crippen molar-refractivity contribution in [2.24, 2.45) is 0 Å². The van der Waals surface area contributed by atoms with E-state index in [2.05, 4.69) is 37.4 Å². The second-order valence-corrected chi connectivity index (χ2v) is 5.40. The van der Waals surface area contributed by atoms with Crippen LogP contribution in [0.5, 0.6) is 0 Å². The van der Waals surface area contributed by atoms with Crippen molar-refractivity contribution in [1.29, 1.82) is 0 Å². The molecule has 4 aromatic rings. The number of benzene rings is 1. The van der Waals surface area contributed by atoms with Crippen LogP contribution in [-0.4, -0.2) is 34.5 Å². The van der Waals surface area contributed by atoms with Crippen molar-refractivity contribution in [2.75, 3.05) is 5.73 Å². The van der Waals surface area contributed by atoms with Gasteiger partial charge in [-0.3, -0.25) is 4.57 Å².